The minimum absolute atomic E-state index is 0.0463. The van der Waals surface area contributed by atoms with Crippen LogP contribution in [0.15, 0.2) is 90.1 Å². The fourth-order valence-corrected chi connectivity index (χ4v) is 8.17. The van der Waals surface area contributed by atoms with Gasteiger partial charge in [0, 0.05) is 63.8 Å². The van der Waals surface area contributed by atoms with Crippen LogP contribution in [0.2, 0.25) is 0 Å². The Kier molecular flexibility index (Phi) is 12.2. The molecular formula is C48H51F3N2O3. The van der Waals surface area contributed by atoms with Gasteiger partial charge in [-0.25, -0.2) is 18.0 Å². The van der Waals surface area contributed by atoms with E-state index in [-0.39, 0.29) is 17.9 Å². The predicted octanol–water partition coefficient (Wildman–Crippen LogP) is 12.6. The highest BCUT2D eigenvalue weighted by molar-refractivity contribution is 6.27. The van der Waals surface area contributed by atoms with Crippen molar-refractivity contribution in [2.45, 2.75) is 106 Å². The molecule has 0 aliphatic rings. The van der Waals surface area contributed by atoms with Crippen molar-refractivity contribution >= 4 is 50.0 Å². The maximum atomic E-state index is 14.7. The molecule has 0 saturated heterocycles. The molecule has 0 spiro atoms. The van der Waals surface area contributed by atoms with Gasteiger partial charge in [-0.1, -0.05) is 111 Å². The zero-order valence-corrected chi connectivity index (χ0v) is 33.4. The molecule has 0 fully saturated rings. The molecule has 6 aromatic rings. The summed E-state index contributed by atoms with van der Waals surface area (Å²) in [5.74, 6) is -3.77. The number of carbonyl (C=O) groups excluding carboxylic acids is 2. The molecule has 0 N–H and O–H groups in total. The van der Waals surface area contributed by atoms with Gasteiger partial charge in [0.05, 0.1) is 5.52 Å². The Bertz CT molecular complexity index is 2440. The van der Waals surface area contributed by atoms with Gasteiger partial charge in [0.25, 0.3) is 5.92 Å². The summed E-state index contributed by atoms with van der Waals surface area (Å²) in [5.41, 5.74) is 8.14. The third-order valence-electron chi connectivity index (χ3n) is 11.1. The van der Waals surface area contributed by atoms with Crippen molar-refractivity contribution in [3.05, 3.63) is 129 Å². The number of hydrogen-bond donors (Lipinski definition) is 0. The Morgan fingerprint density at radius 2 is 1.52 bits per heavy atom. The van der Waals surface area contributed by atoms with Gasteiger partial charge in [0.1, 0.15) is 5.71 Å². The summed E-state index contributed by atoms with van der Waals surface area (Å²) in [7, 11) is 0. The molecule has 6 rings (SSSR count). The summed E-state index contributed by atoms with van der Waals surface area (Å²) >= 11 is 0. The zero-order chi connectivity index (χ0) is 40.3. The molecule has 5 aromatic carbocycles. The second-order valence-corrected chi connectivity index (χ2v) is 15.3. The summed E-state index contributed by atoms with van der Waals surface area (Å²) in [5, 5.41) is 7.93. The Morgan fingerprint density at radius 3 is 2.18 bits per heavy atom. The van der Waals surface area contributed by atoms with Crippen LogP contribution in [0, 0.1) is 26.7 Å². The molecule has 0 aliphatic carbocycles. The number of ketones is 1. The van der Waals surface area contributed by atoms with Crippen molar-refractivity contribution in [1.29, 1.82) is 0 Å². The van der Waals surface area contributed by atoms with Crippen LogP contribution in [-0.2, 0) is 22.6 Å². The summed E-state index contributed by atoms with van der Waals surface area (Å²) < 4.78 is 45.3. The lowest BCUT2D eigenvalue weighted by molar-refractivity contribution is -0.140. The monoisotopic (exact) mass is 760 g/mol. The van der Waals surface area contributed by atoms with Crippen LogP contribution in [0.25, 0.3) is 32.6 Å². The zero-order valence-electron chi connectivity index (χ0n) is 33.4. The van der Waals surface area contributed by atoms with Crippen LogP contribution in [0.3, 0.4) is 0 Å². The summed E-state index contributed by atoms with van der Waals surface area (Å²) in [4.78, 5) is 32.1. The van der Waals surface area contributed by atoms with Gasteiger partial charge in [0.2, 0.25) is 0 Å². The summed E-state index contributed by atoms with van der Waals surface area (Å²) in [6, 6.07) is 27.1. The Hall–Kier alpha value is -5.24. The number of halogens is 3. The maximum absolute atomic E-state index is 14.7. The number of rotatable bonds is 15. The lowest BCUT2D eigenvalue weighted by atomic mass is 9.89. The molecule has 1 heterocycles. The molecule has 5 nitrogen and oxygen atoms in total. The van der Waals surface area contributed by atoms with E-state index in [9.17, 15) is 22.8 Å². The third-order valence-corrected chi connectivity index (χ3v) is 11.1. The molecule has 2 atom stereocenters. The number of hydrogen-bond acceptors (Lipinski definition) is 4. The quantitative estimate of drug-likeness (QED) is 0.0453. The van der Waals surface area contributed by atoms with Crippen LogP contribution in [-0.4, -0.2) is 34.1 Å². The molecule has 0 aliphatic heterocycles. The third kappa shape index (κ3) is 8.16. The van der Waals surface area contributed by atoms with Gasteiger partial charge in [0.15, 0.2) is 12.0 Å². The highest BCUT2D eigenvalue weighted by atomic mass is 19.3. The number of unbranched alkanes of at least 4 members (excludes halogenated alkanes) is 1. The first-order valence-electron chi connectivity index (χ1n) is 19.7. The predicted molar refractivity (Wildman–Crippen MR) is 222 cm³/mol. The molecule has 8 heteroatoms. The van der Waals surface area contributed by atoms with Crippen LogP contribution >= 0.6 is 0 Å². The molecule has 2 unspecified atom stereocenters. The topological polar surface area (TPSA) is 60.7 Å². The molecule has 56 heavy (non-hydrogen) atoms. The summed E-state index contributed by atoms with van der Waals surface area (Å²) in [6.45, 7) is 13.3. The molecule has 0 saturated carbocycles. The van der Waals surface area contributed by atoms with Crippen molar-refractivity contribution in [3.8, 4) is 0 Å². The molecule has 0 bridgehead atoms. The number of nitrogens with zero attached hydrogens (tertiary/aromatic N) is 2. The second kappa shape index (κ2) is 16.9. The maximum Gasteiger partial charge on any atom is 0.332 e. The standard InChI is InChI=1S/C48H51F3N2O3/c1-8-10-15-34(9-2)28-53-43-21-20-36(45(52-56-33(7)54)37-17-12-11-16-35(37)22-23-48(50,51)32(6)49)26-40(43)41-27-42(38-18-13-14-19-39(38)46(41)53)47(55)44-30(4)24-29(3)25-31(44)5/h11-14,16-21,24-27,32,34H,8-10,15,22-23,28H2,1-7H3/b52-45+. The fourth-order valence-electron chi connectivity index (χ4n) is 8.17. The molecule has 0 radical (unpaired) electrons. The number of alkyl halides is 3. The minimum Gasteiger partial charge on any atom is -0.340 e. The van der Waals surface area contributed by atoms with Gasteiger partial charge >= 0.3 is 5.97 Å². The first kappa shape index (κ1) is 40.4. The first-order chi connectivity index (χ1) is 26.7. The van der Waals surface area contributed by atoms with Crippen molar-refractivity contribution in [2.24, 2.45) is 11.1 Å². The van der Waals surface area contributed by atoms with E-state index in [0.717, 1.165) is 88.4 Å². The van der Waals surface area contributed by atoms with Gasteiger partial charge < -0.3 is 9.40 Å². The number of benzene rings is 5. The van der Waals surface area contributed by atoms with Gasteiger partial charge in [-0.05, 0) is 86.7 Å². The van der Waals surface area contributed by atoms with Gasteiger partial charge in [-0.2, -0.15) is 0 Å². The van der Waals surface area contributed by atoms with E-state index >= 15 is 0 Å². The van der Waals surface area contributed by atoms with Crippen LogP contribution in [0.5, 0.6) is 0 Å². The Balaban J connectivity index is 1.63. The van der Waals surface area contributed by atoms with Crippen molar-refractivity contribution < 1.29 is 27.6 Å². The normalized spacial score (nSPS) is 13.4. The number of carbonyl (C=O) groups is 2. The van der Waals surface area contributed by atoms with Crippen molar-refractivity contribution in [1.82, 2.24) is 4.57 Å². The number of oxime groups is 1. The van der Waals surface area contributed by atoms with E-state index < -0.39 is 24.5 Å². The Morgan fingerprint density at radius 1 is 0.839 bits per heavy atom. The lowest BCUT2D eigenvalue weighted by Crippen LogP contribution is -2.28. The van der Waals surface area contributed by atoms with Crippen molar-refractivity contribution in [3.63, 3.8) is 0 Å². The highest BCUT2D eigenvalue weighted by Gasteiger charge is 2.36. The smallest absolute Gasteiger partial charge is 0.332 e. The summed E-state index contributed by atoms with van der Waals surface area (Å²) in [6.07, 6.45) is 1.21. The fraction of sp³-hybridized carbons (Fsp3) is 0.354. The molecule has 292 valence electrons. The number of fused-ring (bicyclic) bond motifs is 5. The van der Waals surface area contributed by atoms with Gasteiger partial charge in [-0.3, -0.25) is 4.79 Å². The lowest BCUT2D eigenvalue weighted by Gasteiger charge is -2.19. The van der Waals surface area contributed by atoms with E-state index in [2.05, 4.69) is 29.6 Å². The minimum atomic E-state index is -3.51. The molecule has 1 aromatic heterocycles. The second-order valence-electron chi connectivity index (χ2n) is 15.3. The van der Waals surface area contributed by atoms with E-state index in [4.69, 9.17) is 4.84 Å². The number of aryl methyl sites for hydroxylation is 4. The number of aromatic nitrogens is 1. The average Bonchev–Trinajstić information content (AvgIpc) is 3.47. The van der Waals surface area contributed by atoms with E-state index in [0.29, 0.717) is 33.7 Å². The van der Waals surface area contributed by atoms with Crippen LogP contribution in [0.1, 0.15) is 109 Å². The molecular weight excluding hydrogens is 710 g/mol. The largest absolute Gasteiger partial charge is 0.340 e. The average molecular weight is 761 g/mol. The molecule has 0 amide bonds. The SMILES string of the molecule is CCCCC(CC)Cn1c2ccc(/C(=N\OC(C)=O)c3ccccc3CCC(F)(F)C(C)F)cc2c2cc(C(=O)c3c(C)cc(C)cc3C)c3ccccc3c21. The highest BCUT2D eigenvalue weighted by Crippen LogP contribution is 2.39. The van der Waals surface area contributed by atoms with E-state index in [1.165, 1.54) is 6.92 Å². The van der Waals surface area contributed by atoms with E-state index in [1.807, 2.05) is 75.4 Å². The van der Waals surface area contributed by atoms with Crippen molar-refractivity contribution in [2.75, 3.05) is 0 Å². The van der Waals surface area contributed by atoms with Crippen LogP contribution in [0.4, 0.5) is 13.2 Å². The van der Waals surface area contributed by atoms with Crippen LogP contribution < -0.4 is 0 Å². The van der Waals surface area contributed by atoms with E-state index in [1.54, 1.807) is 24.3 Å². The van der Waals surface area contributed by atoms with Gasteiger partial charge in [-0.15, -0.1) is 0 Å². The first-order valence-corrected chi connectivity index (χ1v) is 19.7. The Labute approximate surface area is 327 Å².